The summed E-state index contributed by atoms with van der Waals surface area (Å²) in [5.41, 5.74) is 0. The Labute approximate surface area is 94.4 Å². The third-order valence-corrected chi connectivity index (χ3v) is 1.37. The number of thiol groups is 2. The number of rotatable bonds is 6. The lowest BCUT2D eigenvalue weighted by Crippen LogP contribution is -2.21. The monoisotopic (exact) mass is 244 g/mol. The van der Waals surface area contributed by atoms with Gasteiger partial charge in [0.05, 0.1) is 19.2 Å². The molecule has 0 rings (SSSR count). The van der Waals surface area contributed by atoms with Crippen LogP contribution < -0.4 is 0 Å². The van der Waals surface area contributed by atoms with E-state index in [1.54, 1.807) is 6.92 Å². The summed E-state index contributed by atoms with van der Waals surface area (Å²) in [4.78, 5) is 9.37. The number of ether oxygens (including phenoxy) is 1. The molecule has 0 aliphatic rings. The van der Waals surface area contributed by atoms with Crippen LogP contribution in [0.5, 0.6) is 0 Å². The van der Waals surface area contributed by atoms with Crippen LogP contribution in [-0.4, -0.2) is 41.4 Å². The largest absolute Gasteiger partial charge is 0.481 e. The van der Waals surface area contributed by atoms with Crippen LogP contribution in [-0.2, 0) is 13.7 Å². The van der Waals surface area contributed by atoms with Crippen molar-refractivity contribution in [1.29, 1.82) is 0 Å². The zero-order chi connectivity index (χ0) is 11.4. The van der Waals surface area contributed by atoms with E-state index >= 15 is 0 Å². The quantitative estimate of drug-likeness (QED) is 0.313. The van der Waals surface area contributed by atoms with Gasteiger partial charge in [0.25, 0.3) is 0 Å². The molecule has 0 radical (unpaired) electrons. The number of carboxylic acids is 1. The van der Waals surface area contributed by atoms with Gasteiger partial charge in [-0.05, 0) is 12.9 Å². The van der Waals surface area contributed by atoms with Crippen molar-refractivity contribution in [1.82, 2.24) is 0 Å². The molecule has 0 aromatic rings. The highest BCUT2D eigenvalue weighted by atomic mass is 32.1. The van der Waals surface area contributed by atoms with Gasteiger partial charge in [-0.2, -0.15) is 12.6 Å². The van der Waals surface area contributed by atoms with Crippen molar-refractivity contribution < 1.29 is 23.9 Å². The molecule has 1 unspecified atom stereocenters. The first kappa shape index (κ1) is 16.5. The lowest BCUT2D eigenvalue weighted by molar-refractivity contribution is -0.136. The van der Waals surface area contributed by atoms with Crippen LogP contribution in [0.15, 0.2) is 0 Å². The highest BCUT2D eigenvalue weighted by molar-refractivity contribution is 7.80. The van der Waals surface area contributed by atoms with Crippen molar-refractivity contribution in [2.75, 3.05) is 19.2 Å². The third kappa shape index (κ3) is 14.6. The van der Waals surface area contributed by atoms with E-state index in [2.05, 4.69) is 29.7 Å². The van der Waals surface area contributed by atoms with Crippen LogP contribution >= 0.6 is 25.5 Å². The number of hydrogen-bond donors (Lipinski definition) is 4. The molecule has 2 N–H and O–H groups in total. The Morgan fingerprint density at radius 3 is 2.29 bits per heavy atom. The fraction of sp³-hybridized carbons (Fsp3) is 0.857. The Bertz CT molecular complexity index is 127. The molecule has 0 aromatic carbocycles. The van der Waals surface area contributed by atoms with Crippen LogP contribution in [0, 0.1) is 0 Å². The first-order valence-electron chi connectivity index (χ1n) is 3.93. The average Bonchev–Trinajstić information content (AvgIpc) is 2.18. The van der Waals surface area contributed by atoms with E-state index in [9.17, 15) is 4.79 Å². The Balaban J connectivity index is 0. The number of aliphatic carboxylic acids is 1. The molecule has 0 heterocycles. The lowest BCUT2D eigenvalue weighted by atomic mass is 10.4. The van der Waals surface area contributed by atoms with E-state index in [4.69, 9.17) is 14.9 Å². The summed E-state index contributed by atoms with van der Waals surface area (Å²) >= 11 is 7.28. The van der Waals surface area contributed by atoms with E-state index in [1.807, 2.05) is 0 Å². The van der Waals surface area contributed by atoms with Crippen LogP contribution in [0.3, 0.4) is 0 Å². The van der Waals surface area contributed by atoms with Gasteiger partial charge in [0.2, 0.25) is 0 Å². The highest BCUT2D eigenvalue weighted by Crippen LogP contribution is 1.94. The van der Waals surface area contributed by atoms with Gasteiger partial charge < -0.3 is 19.1 Å². The van der Waals surface area contributed by atoms with Crippen molar-refractivity contribution in [3.05, 3.63) is 0 Å². The highest BCUT2D eigenvalue weighted by Gasteiger charge is 2.04. The minimum atomic E-state index is -0.745. The van der Waals surface area contributed by atoms with Crippen molar-refractivity contribution >= 4 is 31.5 Å². The van der Waals surface area contributed by atoms with E-state index in [0.717, 1.165) is 0 Å². The molecule has 0 spiro atoms. The predicted octanol–water partition coefficient (Wildman–Crippen LogP) is 0.594. The lowest BCUT2D eigenvalue weighted by Gasteiger charge is -2.10. The van der Waals surface area contributed by atoms with Gasteiger partial charge in [0.1, 0.15) is 6.10 Å². The average molecular weight is 244 g/mol. The fourth-order valence-corrected chi connectivity index (χ4v) is 0.719. The summed E-state index contributed by atoms with van der Waals surface area (Å²) < 4.78 is 9.29. The molecule has 0 amide bonds. The molecule has 1 atom stereocenters. The Morgan fingerprint density at radius 2 is 2.07 bits per heavy atom. The summed E-state index contributed by atoms with van der Waals surface area (Å²) in [7, 11) is 0. The Kier molecular flexibility index (Phi) is 15.4. The van der Waals surface area contributed by atoms with Gasteiger partial charge in [-0.3, -0.25) is 4.79 Å². The molecular formula is C7H16O5S2. The van der Waals surface area contributed by atoms with Crippen LogP contribution in [0.4, 0.5) is 0 Å². The molecule has 0 aromatic heterocycles. The number of hydrogen-bond acceptors (Lipinski definition) is 6. The van der Waals surface area contributed by atoms with Crippen molar-refractivity contribution in [3.63, 3.8) is 0 Å². The van der Waals surface area contributed by atoms with Gasteiger partial charge in [-0.1, -0.05) is 6.92 Å². The minimum absolute atomic E-state index is 0.0683. The SMILES string of the molecule is CCC(=O)O.OCC(COS)OCS. The molecule has 14 heavy (non-hydrogen) atoms. The van der Waals surface area contributed by atoms with Crippen LogP contribution in [0.25, 0.3) is 0 Å². The van der Waals surface area contributed by atoms with Gasteiger partial charge in [0.15, 0.2) is 0 Å². The third-order valence-electron chi connectivity index (χ3n) is 1.08. The summed E-state index contributed by atoms with van der Waals surface area (Å²) in [6.45, 7) is 1.81. The second-order valence-electron chi connectivity index (χ2n) is 2.14. The maximum atomic E-state index is 9.37. The maximum Gasteiger partial charge on any atom is 0.303 e. The zero-order valence-corrected chi connectivity index (χ0v) is 9.71. The van der Waals surface area contributed by atoms with Gasteiger partial charge in [-0.15, -0.1) is 0 Å². The smallest absolute Gasteiger partial charge is 0.303 e. The minimum Gasteiger partial charge on any atom is -0.481 e. The molecule has 5 nitrogen and oxygen atoms in total. The number of carboxylic acid groups (broad SMARTS) is 1. The first-order chi connectivity index (χ1) is 6.62. The van der Waals surface area contributed by atoms with Crippen LogP contribution in [0.2, 0.25) is 0 Å². The van der Waals surface area contributed by atoms with Crippen molar-refractivity contribution in [2.45, 2.75) is 19.4 Å². The van der Waals surface area contributed by atoms with E-state index < -0.39 is 5.97 Å². The topological polar surface area (TPSA) is 76.0 Å². The van der Waals surface area contributed by atoms with E-state index in [-0.39, 0.29) is 31.7 Å². The molecule has 0 aliphatic heterocycles. The number of aliphatic hydroxyl groups excluding tert-OH is 1. The van der Waals surface area contributed by atoms with Crippen molar-refractivity contribution in [3.8, 4) is 0 Å². The first-order valence-corrected chi connectivity index (χ1v) is 4.93. The molecule has 0 aliphatic carbocycles. The van der Waals surface area contributed by atoms with Crippen LogP contribution in [0.1, 0.15) is 13.3 Å². The zero-order valence-electron chi connectivity index (χ0n) is 7.92. The summed E-state index contributed by atoms with van der Waals surface area (Å²) in [5, 5.41) is 16.2. The Morgan fingerprint density at radius 1 is 1.57 bits per heavy atom. The molecule has 86 valence electrons. The Hall–Kier alpha value is 0.0500. The number of aliphatic hydroxyl groups is 1. The number of carbonyl (C=O) groups is 1. The predicted molar refractivity (Wildman–Crippen MR) is 58.7 cm³/mol. The maximum absolute atomic E-state index is 9.37. The summed E-state index contributed by atoms with van der Waals surface area (Å²) in [6.07, 6.45) is -0.0833. The summed E-state index contributed by atoms with van der Waals surface area (Å²) in [5.74, 6) is -0.465. The second-order valence-corrected chi connectivity index (χ2v) is 2.66. The van der Waals surface area contributed by atoms with E-state index in [1.165, 1.54) is 0 Å². The second kappa shape index (κ2) is 13.1. The van der Waals surface area contributed by atoms with Gasteiger partial charge in [0, 0.05) is 6.42 Å². The fourth-order valence-electron chi connectivity index (χ4n) is 0.342. The normalized spacial score (nSPS) is 11.4. The molecule has 0 saturated heterocycles. The van der Waals surface area contributed by atoms with Gasteiger partial charge in [-0.25, -0.2) is 0 Å². The molecule has 7 heteroatoms. The standard InChI is InChI=1S/C4H10O3S2.C3H6O2/c5-1-4(2-7-9)6-3-8;1-2-3(4)5/h4-5,8-9H,1-3H2;2H2,1H3,(H,4,5). The van der Waals surface area contributed by atoms with E-state index in [0.29, 0.717) is 0 Å². The summed E-state index contributed by atoms with van der Waals surface area (Å²) in [6, 6.07) is 0. The van der Waals surface area contributed by atoms with Gasteiger partial charge >= 0.3 is 5.97 Å². The van der Waals surface area contributed by atoms with Crippen molar-refractivity contribution in [2.24, 2.45) is 0 Å². The molecule has 0 bridgehead atoms. The molecular weight excluding hydrogens is 228 g/mol. The molecule has 0 saturated carbocycles. The molecule has 0 fully saturated rings.